The molecule has 0 aliphatic rings. The van der Waals surface area contributed by atoms with Crippen molar-refractivity contribution < 1.29 is 29.3 Å². The maximum atomic E-state index is 11.7. The maximum absolute atomic E-state index is 11.7. The molecule has 0 unspecified atom stereocenters. The summed E-state index contributed by atoms with van der Waals surface area (Å²) in [5.74, 6) is -3.22. The first-order valence-corrected chi connectivity index (χ1v) is 5.60. The zero-order chi connectivity index (χ0) is 14.6. The second-order valence-corrected chi connectivity index (χ2v) is 4.40. The van der Waals surface area contributed by atoms with Crippen LogP contribution in [0.2, 0.25) is 0 Å². The van der Waals surface area contributed by atoms with Crippen molar-refractivity contribution in [1.82, 2.24) is 0 Å². The van der Waals surface area contributed by atoms with E-state index in [-0.39, 0.29) is 29.2 Å². The second kappa shape index (κ2) is 5.99. The topological polar surface area (TPSA) is 101 Å². The molecule has 6 nitrogen and oxygen atoms in total. The first-order valence-electron chi connectivity index (χ1n) is 5.60. The Morgan fingerprint density at radius 2 is 1.42 bits per heavy atom. The van der Waals surface area contributed by atoms with Crippen molar-refractivity contribution >= 4 is 17.9 Å². The normalized spacial score (nSPS) is 10.3. The first-order chi connectivity index (χ1) is 8.81. The smallest absolute Gasteiger partial charge is 0.338 e. The van der Waals surface area contributed by atoms with Crippen LogP contribution in [-0.2, 0) is 4.74 Å². The zero-order valence-electron chi connectivity index (χ0n) is 10.5. The molecule has 0 aliphatic heterocycles. The van der Waals surface area contributed by atoms with E-state index < -0.39 is 17.9 Å². The van der Waals surface area contributed by atoms with E-state index in [4.69, 9.17) is 14.9 Å². The second-order valence-electron chi connectivity index (χ2n) is 4.40. The predicted molar refractivity (Wildman–Crippen MR) is 65.5 cm³/mol. The van der Waals surface area contributed by atoms with E-state index >= 15 is 0 Å². The number of carbonyl (C=O) groups is 3. The van der Waals surface area contributed by atoms with E-state index in [0.29, 0.717) is 0 Å². The highest BCUT2D eigenvalue weighted by Crippen LogP contribution is 2.13. The summed E-state index contributed by atoms with van der Waals surface area (Å²) in [4.78, 5) is 33.4. The summed E-state index contributed by atoms with van der Waals surface area (Å²) < 4.78 is 4.93. The maximum Gasteiger partial charge on any atom is 0.338 e. The standard InChI is InChI=1S/C13H14O6/c1-7(2)6-19-13(18)10-4-8(11(14)15)3-9(5-10)12(16)17/h3-5,7H,6H2,1-2H3,(H,14,15)(H,16,17). The highest BCUT2D eigenvalue weighted by atomic mass is 16.5. The van der Waals surface area contributed by atoms with Gasteiger partial charge in [0.15, 0.2) is 0 Å². The Bertz CT molecular complexity index is 486. The molecule has 0 fully saturated rings. The molecule has 1 aromatic rings. The molecule has 0 saturated heterocycles. The van der Waals surface area contributed by atoms with Gasteiger partial charge in [-0.1, -0.05) is 13.8 Å². The zero-order valence-corrected chi connectivity index (χ0v) is 10.5. The summed E-state index contributed by atoms with van der Waals surface area (Å²) in [6.07, 6.45) is 0. The third kappa shape index (κ3) is 4.09. The van der Waals surface area contributed by atoms with Crippen LogP contribution in [0.25, 0.3) is 0 Å². The molecule has 2 N–H and O–H groups in total. The van der Waals surface area contributed by atoms with Crippen molar-refractivity contribution in [3.63, 3.8) is 0 Å². The van der Waals surface area contributed by atoms with Gasteiger partial charge in [0.05, 0.1) is 23.3 Å². The van der Waals surface area contributed by atoms with Crippen molar-refractivity contribution in [1.29, 1.82) is 0 Å². The minimum Gasteiger partial charge on any atom is -0.478 e. The van der Waals surface area contributed by atoms with Crippen molar-refractivity contribution in [3.05, 3.63) is 34.9 Å². The van der Waals surface area contributed by atoms with Crippen LogP contribution in [0.3, 0.4) is 0 Å². The Morgan fingerprint density at radius 1 is 1.00 bits per heavy atom. The molecule has 1 aromatic carbocycles. The van der Waals surface area contributed by atoms with Crippen LogP contribution in [0.15, 0.2) is 18.2 Å². The third-order valence-electron chi connectivity index (χ3n) is 2.21. The van der Waals surface area contributed by atoms with Crippen LogP contribution in [0, 0.1) is 5.92 Å². The first kappa shape index (κ1) is 14.7. The lowest BCUT2D eigenvalue weighted by Crippen LogP contribution is -2.12. The van der Waals surface area contributed by atoms with Gasteiger partial charge < -0.3 is 14.9 Å². The number of benzene rings is 1. The molecule has 0 atom stereocenters. The van der Waals surface area contributed by atoms with E-state index in [9.17, 15) is 14.4 Å². The van der Waals surface area contributed by atoms with Gasteiger partial charge >= 0.3 is 17.9 Å². The molecular weight excluding hydrogens is 252 g/mol. The summed E-state index contributed by atoms with van der Waals surface area (Å²) in [7, 11) is 0. The van der Waals surface area contributed by atoms with Crippen molar-refractivity contribution in [3.8, 4) is 0 Å². The van der Waals surface area contributed by atoms with Crippen LogP contribution < -0.4 is 0 Å². The molecule has 19 heavy (non-hydrogen) atoms. The van der Waals surface area contributed by atoms with Crippen LogP contribution in [0.5, 0.6) is 0 Å². The Labute approximate surface area is 109 Å². The Hall–Kier alpha value is -2.37. The number of carboxylic acids is 2. The summed E-state index contributed by atoms with van der Waals surface area (Å²) in [6.45, 7) is 3.88. The van der Waals surface area contributed by atoms with Gasteiger partial charge in [0, 0.05) is 0 Å². The summed E-state index contributed by atoms with van der Waals surface area (Å²) in [6, 6.07) is 3.18. The van der Waals surface area contributed by atoms with Gasteiger partial charge in [-0.3, -0.25) is 0 Å². The minimum absolute atomic E-state index is 0.0852. The Kier molecular flexibility index (Phi) is 4.63. The fraction of sp³-hybridized carbons (Fsp3) is 0.308. The lowest BCUT2D eigenvalue weighted by molar-refractivity contribution is 0.0459. The largest absolute Gasteiger partial charge is 0.478 e. The lowest BCUT2D eigenvalue weighted by Gasteiger charge is -2.08. The average molecular weight is 266 g/mol. The quantitative estimate of drug-likeness (QED) is 0.789. The molecule has 0 heterocycles. The van der Waals surface area contributed by atoms with Crippen molar-refractivity contribution in [2.45, 2.75) is 13.8 Å². The van der Waals surface area contributed by atoms with Gasteiger partial charge in [-0.2, -0.15) is 0 Å². The molecule has 0 saturated carbocycles. The number of rotatable bonds is 5. The number of carboxylic acid groups (broad SMARTS) is 2. The lowest BCUT2D eigenvalue weighted by atomic mass is 10.1. The van der Waals surface area contributed by atoms with E-state index in [0.717, 1.165) is 18.2 Å². The molecular formula is C13H14O6. The van der Waals surface area contributed by atoms with Gasteiger partial charge in [-0.05, 0) is 24.1 Å². The molecule has 0 bridgehead atoms. The fourth-order valence-corrected chi connectivity index (χ4v) is 1.32. The Morgan fingerprint density at radius 3 is 1.79 bits per heavy atom. The molecule has 1 rings (SSSR count). The van der Waals surface area contributed by atoms with E-state index in [1.165, 1.54) is 0 Å². The number of esters is 1. The van der Waals surface area contributed by atoms with Crippen LogP contribution in [0.4, 0.5) is 0 Å². The van der Waals surface area contributed by atoms with Crippen molar-refractivity contribution in [2.24, 2.45) is 5.92 Å². The molecule has 0 aliphatic carbocycles. The number of hydrogen-bond acceptors (Lipinski definition) is 4. The van der Waals surface area contributed by atoms with Crippen LogP contribution >= 0.6 is 0 Å². The average Bonchev–Trinajstić information content (AvgIpc) is 2.35. The number of carbonyl (C=O) groups excluding carboxylic acids is 1. The third-order valence-corrected chi connectivity index (χ3v) is 2.21. The molecule has 102 valence electrons. The SMILES string of the molecule is CC(C)COC(=O)c1cc(C(=O)O)cc(C(=O)O)c1. The highest BCUT2D eigenvalue weighted by Gasteiger charge is 2.16. The predicted octanol–water partition coefficient (Wildman–Crippen LogP) is 1.90. The van der Waals surface area contributed by atoms with Crippen molar-refractivity contribution in [2.75, 3.05) is 6.61 Å². The molecule has 6 heteroatoms. The van der Waals surface area contributed by atoms with E-state index in [1.54, 1.807) is 0 Å². The minimum atomic E-state index is -1.30. The molecule has 0 amide bonds. The van der Waals surface area contributed by atoms with Gasteiger partial charge in [-0.25, -0.2) is 14.4 Å². The summed E-state index contributed by atoms with van der Waals surface area (Å²) in [5, 5.41) is 17.7. The highest BCUT2D eigenvalue weighted by molar-refractivity contribution is 5.99. The van der Waals surface area contributed by atoms with E-state index in [1.807, 2.05) is 13.8 Å². The van der Waals surface area contributed by atoms with Gasteiger partial charge in [0.2, 0.25) is 0 Å². The number of aromatic carboxylic acids is 2. The summed E-state index contributed by atoms with van der Waals surface area (Å²) >= 11 is 0. The molecule has 0 radical (unpaired) electrons. The summed E-state index contributed by atoms with van der Waals surface area (Å²) in [5.41, 5.74) is -0.620. The van der Waals surface area contributed by atoms with E-state index in [2.05, 4.69) is 0 Å². The fourth-order valence-electron chi connectivity index (χ4n) is 1.32. The molecule has 0 spiro atoms. The number of hydrogen-bond donors (Lipinski definition) is 2. The monoisotopic (exact) mass is 266 g/mol. The van der Waals surface area contributed by atoms with Gasteiger partial charge in [0.1, 0.15) is 0 Å². The van der Waals surface area contributed by atoms with Gasteiger partial charge in [-0.15, -0.1) is 0 Å². The van der Waals surface area contributed by atoms with Gasteiger partial charge in [0.25, 0.3) is 0 Å². The van der Waals surface area contributed by atoms with Crippen LogP contribution in [0.1, 0.15) is 44.9 Å². The molecule has 0 aromatic heterocycles. The number of ether oxygens (including phenoxy) is 1. The Balaban J connectivity index is 3.09. The van der Waals surface area contributed by atoms with Crippen LogP contribution in [-0.4, -0.2) is 34.7 Å².